The third kappa shape index (κ3) is 3.27. The largest absolute Gasteiger partial charge is 0.451 e. The van der Waals surface area contributed by atoms with E-state index >= 15 is 0 Å². The summed E-state index contributed by atoms with van der Waals surface area (Å²) in [5.41, 5.74) is 1.89. The summed E-state index contributed by atoms with van der Waals surface area (Å²) in [6.45, 7) is 2.67. The minimum Gasteiger partial charge on any atom is -0.451 e. The van der Waals surface area contributed by atoms with Gasteiger partial charge < -0.3 is 14.8 Å². The van der Waals surface area contributed by atoms with Gasteiger partial charge in [0.05, 0.1) is 6.10 Å². The number of aryl methyl sites for hydroxylation is 1. The normalized spacial score (nSPS) is 22.4. The van der Waals surface area contributed by atoms with Crippen LogP contribution in [0.3, 0.4) is 0 Å². The number of amides is 1. The molecule has 0 radical (unpaired) electrons. The van der Waals surface area contributed by atoms with Gasteiger partial charge in [-0.25, -0.2) is 0 Å². The molecular formula is C17H21NO3. The molecule has 112 valence electrons. The Morgan fingerprint density at radius 3 is 2.81 bits per heavy atom. The summed E-state index contributed by atoms with van der Waals surface area (Å²) < 4.78 is 5.59. The van der Waals surface area contributed by atoms with Gasteiger partial charge in [-0.1, -0.05) is 11.6 Å². The second kappa shape index (κ2) is 5.90. The van der Waals surface area contributed by atoms with Crippen molar-refractivity contribution < 1.29 is 14.3 Å². The van der Waals surface area contributed by atoms with Gasteiger partial charge in [0, 0.05) is 11.9 Å². The Kier molecular flexibility index (Phi) is 3.97. The number of hydrogen-bond donors (Lipinski definition) is 2. The van der Waals surface area contributed by atoms with Crippen LogP contribution in [0.5, 0.6) is 0 Å². The number of hydrogen-bond acceptors (Lipinski definition) is 3. The zero-order valence-corrected chi connectivity index (χ0v) is 12.3. The predicted octanol–water partition coefficient (Wildman–Crippen LogP) is 3.02. The summed E-state index contributed by atoms with van der Waals surface area (Å²) in [5.74, 6) is 0.672. The van der Waals surface area contributed by atoms with E-state index in [9.17, 15) is 9.90 Å². The van der Waals surface area contributed by atoms with E-state index < -0.39 is 0 Å². The van der Waals surface area contributed by atoms with Crippen molar-refractivity contribution in [2.24, 2.45) is 5.92 Å². The molecule has 0 atom stereocenters. The number of carbonyl (C=O) groups excluding carboxylic acids is 1. The first-order valence-electron chi connectivity index (χ1n) is 7.58. The van der Waals surface area contributed by atoms with E-state index in [1.54, 1.807) is 6.07 Å². The minimum absolute atomic E-state index is 0.157. The molecule has 1 aromatic heterocycles. The van der Waals surface area contributed by atoms with Gasteiger partial charge in [-0.3, -0.25) is 4.79 Å². The maximum absolute atomic E-state index is 12.2. The van der Waals surface area contributed by atoms with Crippen LogP contribution in [-0.2, 0) is 0 Å². The highest BCUT2D eigenvalue weighted by Crippen LogP contribution is 2.24. The van der Waals surface area contributed by atoms with E-state index in [2.05, 4.69) is 5.32 Å². The summed E-state index contributed by atoms with van der Waals surface area (Å²) in [6, 6.07) is 7.67. The first-order chi connectivity index (χ1) is 10.1. The van der Waals surface area contributed by atoms with Gasteiger partial charge in [-0.2, -0.15) is 0 Å². The Morgan fingerprint density at radius 1 is 1.29 bits per heavy atom. The van der Waals surface area contributed by atoms with Crippen LogP contribution in [0.2, 0.25) is 0 Å². The number of aliphatic hydroxyl groups is 1. The summed E-state index contributed by atoms with van der Waals surface area (Å²) in [5, 5.41) is 13.4. The molecule has 1 heterocycles. The van der Waals surface area contributed by atoms with Crippen LogP contribution >= 0.6 is 0 Å². The molecule has 0 saturated heterocycles. The molecule has 1 fully saturated rings. The molecule has 1 aromatic carbocycles. The lowest BCUT2D eigenvalue weighted by atomic mass is 9.87. The molecule has 0 unspecified atom stereocenters. The van der Waals surface area contributed by atoms with Crippen LogP contribution in [0.25, 0.3) is 11.0 Å². The van der Waals surface area contributed by atoms with E-state index in [1.165, 1.54) is 0 Å². The van der Waals surface area contributed by atoms with Crippen LogP contribution in [-0.4, -0.2) is 23.7 Å². The van der Waals surface area contributed by atoms with Gasteiger partial charge in [0.25, 0.3) is 5.91 Å². The van der Waals surface area contributed by atoms with Crippen molar-refractivity contribution in [3.8, 4) is 0 Å². The molecule has 1 aliphatic rings. The number of aliphatic hydroxyl groups excluding tert-OH is 1. The summed E-state index contributed by atoms with van der Waals surface area (Å²) >= 11 is 0. The topological polar surface area (TPSA) is 62.5 Å². The molecule has 21 heavy (non-hydrogen) atoms. The SMILES string of the molecule is Cc1ccc2oc(C(=O)NCC3CCC(O)CC3)cc2c1. The lowest BCUT2D eigenvalue weighted by molar-refractivity contribution is 0.0888. The lowest BCUT2D eigenvalue weighted by Gasteiger charge is -2.25. The van der Waals surface area contributed by atoms with E-state index in [0.717, 1.165) is 42.2 Å². The molecule has 3 rings (SSSR count). The summed E-state index contributed by atoms with van der Waals surface area (Å²) in [4.78, 5) is 12.2. The average Bonchev–Trinajstić information content (AvgIpc) is 2.89. The van der Waals surface area contributed by atoms with Crippen molar-refractivity contribution >= 4 is 16.9 Å². The van der Waals surface area contributed by atoms with Crippen molar-refractivity contribution in [3.05, 3.63) is 35.6 Å². The fraction of sp³-hybridized carbons (Fsp3) is 0.471. The van der Waals surface area contributed by atoms with Crippen molar-refractivity contribution in [2.45, 2.75) is 38.7 Å². The third-order valence-electron chi connectivity index (χ3n) is 4.26. The maximum atomic E-state index is 12.2. The molecule has 0 spiro atoms. The van der Waals surface area contributed by atoms with Crippen LogP contribution in [0.1, 0.15) is 41.8 Å². The van der Waals surface area contributed by atoms with Crippen molar-refractivity contribution in [1.82, 2.24) is 5.32 Å². The quantitative estimate of drug-likeness (QED) is 0.912. The maximum Gasteiger partial charge on any atom is 0.287 e. The predicted molar refractivity (Wildman–Crippen MR) is 81.2 cm³/mol. The molecule has 1 saturated carbocycles. The van der Waals surface area contributed by atoms with Gasteiger partial charge in [0.2, 0.25) is 0 Å². The smallest absolute Gasteiger partial charge is 0.287 e. The molecule has 2 aromatic rings. The van der Waals surface area contributed by atoms with E-state index in [-0.39, 0.29) is 12.0 Å². The van der Waals surface area contributed by atoms with Gasteiger partial charge >= 0.3 is 0 Å². The Bertz CT molecular complexity index is 639. The van der Waals surface area contributed by atoms with E-state index in [1.807, 2.05) is 25.1 Å². The van der Waals surface area contributed by atoms with Gasteiger partial charge in [0.1, 0.15) is 5.58 Å². The second-order valence-corrected chi connectivity index (χ2v) is 6.04. The Labute approximate surface area is 124 Å². The van der Waals surface area contributed by atoms with Gasteiger partial charge in [0.15, 0.2) is 5.76 Å². The first kappa shape index (κ1) is 14.1. The zero-order valence-electron chi connectivity index (χ0n) is 12.3. The summed E-state index contributed by atoms with van der Waals surface area (Å²) in [7, 11) is 0. The highest BCUT2D eigenvalue weighted by Gasteiger charge is 2.20. The van der Waals surface area contributed by atoms with Crippen molar-refractivity contribution in [3.63, 3.8) is 0 Å². The summed E-state index contributed by atoms with van der Waals surface area (Å²) in [6.07, 6.45) is 3.46. The third-order valence-corrected chi connectivity index (χ3v) is 4.26. The number of nitrogens with one attached hydrogen (secondary N) is 1. The molecule has 1 amide bonds. The monoisotopic (exact) mass is 287 g/mol. The zero-order chi connectivity index (χ0) is 14.8. The average molecular weight is 287 g/mol. The van der Waals surface area contributed by atoms with Crippen LogP contribution in [0.15, 0.2) is 28.7 Å². The number of rotatable bonds is 3. The van der Waals surface area contributed by atoms with Crippen LogP contribution in [0.4, 0.5) is 0 Å². The minimum atomic E-state index is -0.157. The molecule has 0 bridgehead atoms. The van der Waals surface area contributed by atoms with Crippen molar-refractivity contribution in [2.75, 3.05) is 6.54 Å². The number of carbonyl (C=O) groups is 1. The molecular weight excluding hydrogens is 266 g/mol. The Hall–Kier alpha value is -1.81. The number of furan rings is 1. The number of benzene rings is 1. The van der Waals surface area contributed by atoms with Gasteiger partial charge in [-0.15, -0.1) is 0 Å². The first-order valence-corrected chi connectivity index (χ1v) is 7.58. The number of fused-ring (bicyclic) bond motifs is 1. The molecule has 1 aliphatic carbocycles. The van der Waals surface area contributed by atoms with Crippen LogP contribution < -0.4 is 5.32 Å². The van der Waals surface area contributed by atoms with Crippen LogP contribution in [0, 0.1) is 12.8 Å². The van der Waals surface area contributed by atoms with Crippen molar-refractivity contribution in [1.29, 1.82) is 0 Å². The highest BCUT2D eigenvalue weighted by atomic mass is 16.3. The molecule has 0 aliphatic heterocycles. The van der Waals surface area contributed by atoms with E-state index in [0.29, 0.717) is 18.2 Å². The lowest BCUT2D eigenvalue weighted by Crippen LogP contribution is -2.31. The fourth-order valence-corrected chi connectivity index (χ4v) is 2.95. The molecule has 2 N–H and O–H groups in total. The van der Waals surface area contributed by atoms with E-state index in [4.69, 9.17) is 4.42 Å². The standard InChI is InChI=1S/C17H21NO3/c1-11-2-7-15-13(8-11)9-16(21-15)17(20)18-10-12-3-5-14(19)6-4-12/h2,7-9,12,14,19H,3-6,10H2,1H3,(H,18,20). The fourth-order valence-electron chi connectivity index (χ4n) is 2.95. The Balaban J connectivity index is 1.61. The second-order valence-electron chi connectivity index (χ2n) is 6.04. The molecule has 4 nitrogen and oxygen atoms in total. The highest BCUT2D eigenvalue weighted by molar-refractivity contribution is 5.96. The van der Waals surface area contributed by atoms with Gasteiger partial charge in [-0.05, 0) is 56.7 Å². The Morgan fingerprint density at radius 2 is 2.05 bits per heavy atom. The molecule has 4 heteroatoms.